The minimum absolute atomic E-state index is 0.157. The molecule has 3 heterocycles. The van der Waals surface area contributed by atoms with Gasteiger partial charge in [-0.15, -0.1) is 11.3 Å². The summed E-state index contributed by atoms with van der Waals surface area (Å²) in [6.07, 6.45) is 2.60. The molecule has 0 bridgehead atoms. The Bertz CT molecular complexity index is 700. The van der Waals surface area contributed by atoms with Crippen LogP contribution in [0.4, 0.5) is 0 Å². The number of hydrogen-bond acceptors (Lipinski definition) is 5. The van der Waals surface area contributed by atoms with Gasteiger partial charge in [-0.2, -0.15) is 5.10 Å². The molecule has 0 atom stereocenters. The van der Waals surface area contributed by atoms with Gasteiger partial charge in [0, 0.05) is 39.1 Å². The first-order valence-electron chi connectivity index (χ1n) is 8.52. The molecule has 7 heteroatoms. The van der Waals surface area contributed by atoms with Crippen LogP contribution in [-0.2, 0) is 18.4 Å². The fraction of sp³-hybridized carbons (Fsp3) is 0.588. The molecule has 2 aromatic rings. The van der Waals surface area contributed by atoms with E-state index in [1.807, 2.05) is 31.1 Å². The lowest BCUT2D eigenvalue weighted by atomic mass is 10.0. The topological polar surface area (TPSA) is 63.1 Å². The number of amides is 1. The van der Waals surface area contributed by atoms with Crippen LogP contribution in [0, 0.1) is 6.92 Å². The van der Waals surface area contributed by atoms with Gasteiger partial charge in [0.15, 0.2) is 0 Å². The second-order valence-electron chi connectivity index (χ2n) is 6.38. The summed E-state index contributed by atoms with van der Waals surface area (Å²) in [4.78, 5) is 19.4. The normalized spacial score (nSPS) is 16.5. The molecule has 0 unspecified atom stereocenters. The zero-order valence-electron chi connectivity index (χ0n) is 14.6. The Morgan fingerprint density at radius 3 is 2.79 bits per heavy atom. The molecule has 0 radical (unpaired) electrons. The fourth-order valence-corrected chi connectivity index (χ4v) is 3.87. The highest BCUT2D eigenvalue weighted by molar-refractivity contribution is 7.13. The van der Waals surface area contributed by atoms with Gasteiger partial charge in [-0.1, -0.05) is 6.92 Å². The predicted molar refractivity (Wildman–Crippen MR) is 95.8 cm³/mol. The summed E-state index contributed by atoms with van der Waals surface area (Å²) in [5, 5.41) is 7.75. The molecule has 24 heavy (non-hydrogen) atoms. The van der Waals surface area contributed by atoms with Gasteiger partial charge in [-0.05, 0) is 25.8 Å². The highest BCUT2D eigenvalue weighted by Gasteiger charge is 2.21. The number of carbonyl (C=O) groups excluding carboxylic acids is 1. The molecule has 1 fully saturated rings. The Labute approximate surface area is 146 Å². The second-order valence-corrected chi connectivity index (χ2v) is 7.24. The molecule has 1 aliphatic heterocycles. The van der Waals surface area contributed by atoms with Crippen molar-refractivity contribution in [1.29, 1.82) is 0 Å². The molecule has 0 spiro atoms. The smallest absolute Gasteiger partial charge is 0.219 e. The molecule has 0 aromatic carbocycles. The van der Waals surface area contributed by atoms with Crippen LogP contribution in [0.5, 0.6) is 0 Å². The lowest BCUT2D eigenvalue weighted by molar-refractivity contribution is -0.121. The van der Waals surface area contributed by atoms with E-state index in [-0.39, 0.29) is 5.91 Å². The number of nitrogens with one attached hydrogen (secondary N) is 1. The Hall–Kier alpha value is -1.73. The Balaban J connectivity index is 1.59. The van der Waals surface area contributed by atoms with E-state index in [1.165, 1.54) is 5.69 Å². The molecule has 0 aliphatic carbocycles. The van der Waals surface area contributed by atoms with Crippen molar-refractivity contribution in [3.63, 3.8) is 0 Å². The van der Waals surface area contributed by atoms with Crippen LogP contribution >= 0.6 is 11.3 Å². The van der Waals surface area contributed by atoms with Crippen molar-refractivity contribution in [2.24, 2.45) is 7.05 Å². The summed E-state index contributed by atoms with van der Waals surface area (Å²) in [6.45, 7) is 6.84. The highest BCUT2D eigenvalue weighted by Crippen LogP contribution is 2.27. The largest absolute Gasteiger partial charge is 0.353 e. The number of likely N-dealkylation sites (tertiary alicyclic amines) is 1. The van der Waals surface area contributed by atoms with E-state index in [4.69, 9.17) is 0 Å². The summed E-state index contributed by atoms with van der Waals surface area (Å²) in [7, 11) is 2.00. The van der Waals surface area contributed by atoms with Crippen molar-refractivity contribution in [3.05, 3.63) is 23.0 Å². The van der Waals surface area contributed by atoms with Gasteiger partial charge in [0.25, 0.3) is 0 Å². The zero-order valence-corrected chi connectivity index (χ0v) is 15.4. The first-order chi connectivity index (χ1) is 11.6. The molecule has 6 nitrogen and oxygen atoms in total. The minimum Gasteiger partial charge on any atom is -0.353 e. The van der Waals surface area contributed by atoms with Gasteiger partial charge in [0.05, 0.1) is 21.8 Å². The first-order valence-corrected chi connectivity index (χ1v) is 9.40. The number of hydrogen-bond donors (Lipinski definition) is 1. The molecule has 1 amide bonds. The molecule has 1 aliphatic rings. The average molecular weight is 347 g/mol. The van der Waals surface area contributed by atoms with Crippen molar-refractivity contribution in [3.8, 4) is 10.6 Å². The highest BCUT2D eigenvalue weighted by atomic mass is 32.1. The zero-order chi connectivity index (χ0) is 17.1. The predicted octanol–water partition coefficient (Wildman–Crippen LogP) is 2.34. The SMILES string of the molecule is CCC(=O)NC1CCN(Cc2cc(-c3scnc3C)nn2C)CC1. The Morgan fingerprint density at radius 2 is 2.17 bits per heavy atom. The second kappa shape index (κ2) is 7.44. The van der Waals surface area contributed by atoms with Crippen molar-refractivity contribution in [2.45, 2.75) is 45.7 Å². The van der Waals surface area contributed by atoms with E-state index >= 15 is 0 Å². The summed E-state index contributed by atoms with van der Waals surface area (Å²) in [5.41, 5.74) is 5.14. The van der Waals surface area contributed by atoms with Crippen LogP contribution in [0.2, 0.25) is 0 Å². The van der Waals surface area contributed by atoms with Gasteiger partial charge in [0.1, 0.15) is 5.69 Å². The molecule has 1 N–H and O–H groups in total. The molecule has 1 saturated heterocycles. The van der Waals surface area contributed by atoms with Crippen molar-refractivity contribution < 1.29 is 4.79 Å². The third kappa shape index (κ3) is 3.84. The van der Waals surface area contributed by atoms with E-state index in [1.54, 1.807) is 11.3 Å². The summed E-state index contributed by atoms with van der Waals surface area (Å²) in [6, 6.07) is 2.50. The number of carbonyl (C=O) groups is 1. The number of piperidine rings is 1. The maximum atomic E-state index is 11.5. The molecule has 2 aromatic heterocycles. The number of thiazole rings is 1. The Morgan fingerprint density at radius 1 is 1.42 bits per heavy atom. The van der Waals surface area contributed by atoms with Crippen LogP contribution in [0.1, 0.15) is 37.6 Å². The Kier molecular flexibility index (Phi) is 5.30. The molecule has 0 saturated carbocycles. The van der Waals surface area contributed by atoms with Crippen LogP contribution in [0.25, 0.3) is 10.6 Å². The van der Waals surface area contributed by atoms with E-state index in [0.29, 0.717) is 12.5 Å². The molecule has 3 rings (SSSR count). The van der Waals surface area contributed by atoms with E-state index in [2.05, 4.69) is 26.4 Å². The van der Waals surface area contributed by atoms with Crippen LogP contribution in [0.15, 0.2) is 11.6 Å². The van der Waals surface area contributed by atoms with Crippen LogP contribution < -0.4 is 5.32 Å². The minimum atomic E-state index is 0.157. The van der Waals surface area contributed by atoms with Gasteiger partial charge in [-0.25, -0.2) is 4.98 Å². The summed E-state index contributed by atoms with van der Waals surface area (Å²) >= 11 is 1.64. The average Bonchev–Trinajstić information content (AvgIpc) is 3.15. The molecular formula is C17H25N5OS. The quantitative estimate of drug-likeness (QED) is 0.902. The summed E-state index contributed by atoms with van der Waals surface area (Å²) < 4.78 is 1.97. The third-order valence-corrected chi connectivity index (χ3v) is 5.57. The maximum absolute atomic E-state index is 11.5. The lowest BCUT2D eigenvalue weighted by Gasteiger charge is -2.32. The van der Waals surface area contributed by atoms with Crippen molar-refractivity contribution >= 4 is 17.2 Å². The van der Waals surface area contributed by atoms with Crippen LogP contribution in [-0.4, -0.2) is 44.7 Å². The van der Waals surface area contributed by atoms with E-state index < -0.39 is 0 Å². The van der Waals surface area contributed by atoms with Gasteiger partial charge < -0.3 is 5.32 Å². The molecular weight excluding hydrogens is 322 g/mol. The lowest BCUT2D eigenvalue weighted by Crippen LogP contribution is -2.44. The van der Waals surface area contributed by atoms with Gasteiger partial charge in [0.2, 0.25) is 5.91 Å². The van der Waals surface area contributed by atoms with E-state index in [0.717, 1.165) is 48.7 Å². The number of aryl methyl sites for hydroxylation is 2. The number of aromatic nitrogens is 3. The maximum Gasteiger partial charge on any atom is 0.219 e. The number of nitrogens with zero attached hydrogens (tertiary/aromatic N) is 4. The molecule has 130 valence electrons. The third-order valence-electron chi connectivity index (χ3n) is 4.61. The monoisotopic (exact) mass is 347 g/mol. The number of rotatable bonds is 5. The first kappa shape index (κ1) is 17.1. The van der Waals surface area contributed by atoms with Gasteiger partial charge >= 0.3 is 0 Å². The van der Waals surface area contributed by atoms with E-state index in [9.17, 15) is 4.79 Å². The fourth-order valence-electron chi connectivity index (χ4n) is 3.11. The van der Waals surface area contributed by atoms with Crippen molar-refractivity contribution in [2.75, 3.05) is 13.1 Å². The van der Waals surface area contributed by atoms with Crippen molar-refractivity contribution in [1.82, 2.24) is 25.0 Å². The van der Waals surface area contributed by atoms with Gasteiger partial charge in [-0.3, -0.25) is 14.4 Å². The summed E-state index contributed by atoms with van der Waals surface area (Å²) in [5.74, 6) is 0.157. The van der Waals surface area contributed by atoms with Crippen LogP contribution in [0.3, 0.4) is 0 Å². The standard InChI is InChI=1S/C17H25N5OS/c1-4-16(23)19-13-5-7-22(8-6-13)10-14-9-15(20-21(14)3)17-12(2)18-11-24-17/h9,11,13H,4-8,10H2,1-3H3,(H,19,23).